The number of amides is 1. The summed E-state index contributed by atoms with van der Waals surface area (Å²) in [6.45, 7) is 3.11. The summed E-state index contributed by atoms with van der Waals surface area (Å²) >= 11 is 12.2. The Kier molecular flexibility index (Phi) is 7.37. The molecule has 0 aromatic heterocycles. The van der Waals surface area contributed by atoms with E-state index in [4.69, 9.17) is 32.7 Å². The summed E-state index contributed by atoms with van der Waals surface area (Å²) in [4.78, 5) is 24.7. The zero-order valence-electron chi connectivity index (χ0n) is 15.7. The Morgan fingerprint density at radius 1 is 1.07 bits per heavy atom. The minimum absolute atomic E-state index is 0.192. The van der Waals surface area contributed by atoms with Crippen LogP contribution in [0.1, 0.15) is 12.5 Å². The lowest BCUT2D eigenvalue weighted by atomic mass is 10.2. The number of nitrogens with one attached hydrogen (secondary N) is 1. The minimum atomic E-state index is -1.38. The molecule has 0 aliphatic heterocycles. The number of Topliss-reactive ketones (excluding diaryl/α,β-unsaturated/α-hetero) is 1. The first-order valence-corrected chi connectivity index (χ1v) is 8.92. The molecule has 0 aliphatic carbocycles. The number of hydrogen-bond acceptors (Lipinski definition) is 6. The van der Waals surface area contributed by atoms with Crippen molar-refractivity contribution in [2.45, 2.75) is 19.9 Å². The Labute approximate surface area is 172 Å². The van der Waals surface area contributed by atoms with E-state index in [-0.39, 0.29) is 16.5 Å². The molecular formula is C19H19Cl2N3O4. The number of carbonyl (C=O) groups excluding carboxylic acids is 2. The number of benzene rings is 2. The summed E-state index contributed by atoms with van der Waals surface area (Å²) < 4.78 is 10.5. The van der Waals surface area contributed by atoms with Crippen LogP contribution < -0.4 is 14.8 Å². The van der Waals surface area contributed by atoms with Crippen molar-refractivity contribution >= 4 is 46.3 Å². The van der Waals surface area contributed by atoms with Gasteiger partial charge in [0.2, 0.25) is 6.04 Å². The van der Waals surface area contributed by atoms with Crippen LogP contribution in [0, 0.1) is 6.92 Å². The first-order valence-electron chi connectivity index (χ1n) is 8.17. The molecule has 0 bridgehead atoms. The molecule has 0 spiro atoms. The van der Waals surface area contributed by atoms with Gasteiger partial charge in [-0.2, -0.15) is 10.2 Å². The second kappa shape index (κ2) is 9.52. The van der Waals surface area contributed by atoms with Gasteiger partial charge in [0.15, 0.2) is 11.5 Å². The number of ketones is 1. The zero-order chi connectivity index (χ0) is 20.8. The van der Waals surface area contributed by atoms with Crippen molar-refractivity contribution in [1.29, 1.82) is 0 Å². The van der Waals surface area contributed by atoms with Crippen LogP contribution in [0.5, 0.6) is 11.5 Å². The van der Waals surface area contributed by atoms with Crippen molar-refractivity contribution in [3.8, 4) is 11.5 Å². The standard InChI is InChI=1S/C19H19Cl2N3O4/c1-10-5-6-12(20)14(9-10)23-24-16(11(2)25)19(26)22-17-15(27-3)8-7-13(21)18(17)28-4/h5-9,16H,1-4H3,(H,22,26). The van der Waals surface area contributed by atoms with E-state index in [1.54, 1.807) is 24.3 Å². The fourth-order valence-electron chi connectivity index (χ4n) is 2.36. The van der Waals surface area contributed by atoms with Crippen molar-refractivity contribution in [2.75, 3.05) is 19.5 Å². The van der Waals surface area contributed by atoms with Gasteiger partial charge in [0.1, 0.15) is 17.1 Å². The Morgan fingerprint density at radius 3 is 2.36 bits per heavy atom. The van der Waals surface area contributed by atoms with Crippen LogP contribution in [0.25, 0.3) is 0 Å². The maximum atomic E-state index is 12.7. The van der Waals surface area contributed by atoms with E-state index in [1.807, 2.05) is 13.0 Å². The van der Waals surface area contributed by atoms with Gasteiger partial charge in [0.05, 0.1) is 24.3 Å². The van der Waals surface area contributed by atoms with Crippen molar-refractivity contribution in [3.63, 3.8) is 0 Å². The highest BCUT2D eigenvalue weighted by atomic mass is 35.5. The lowest BCUT2D eigenvalue weighted by molar-refractivity contribution is -0.126. The van der Waals surface area contributed by atoms with Crippen LogP contribution in [-0.4, -0.2) is 32.0 Å². The summed E-state index contributed by atoms with van der Waals surface area (Å²) in [5.74, 6) is -0.685. The number of nitrogens with zero attached hydrogens (tertiary/aromatic N) is 2. The third-order valence-electron chi connectivity index (χ3n) is 3.76. The summed E-state index contributed by atoms with van der Waals surface area (Å²) in [7, 11) is 2.83. The van der Waals surface area contributed by atoms with Gasteiger partial charge >= 0.3 is 0 Å². The number of rotatable bonds is 7. The molecule has 1 atom stereocenters. The molecular weight excluding hydrogens is 405 g/mol. The smallest absolute Gasteiger partial charge is 0.259 e. The Morgan fingerprint density at radius 2 is 1.75 bits per heavy atom. The van der Waals surface area contributed by atoms with Crippen LogP contribution in [0.15, 0.2) is 40.6 Å². The molecule has 1 unspecified atom stereocenters. The average molecular weight is 424 g/mol. The van der Waals surface area contributed by atoms with Gasteiger partial charge < -0.3 is 14.8 Å². The van der Waals surface area contributed by atoms with Gasteiger partial charge in [-0.1, -0.05) is 29.3 Å². The molecule has 2 aromatic carbocycles. The van der Waals surface area contributed by atoms with Gasteiger partial charge in [-0.15, -0.1) is 0 Å². The second-order valence-electron chi connectivity index (χ2n) is 5.83. The Balaban J connectivity index is 2.35. The molecule has 1 N–H and O–H groups in total. The van der Waals surface area contributed by atoms with E-state index in [1.165, 1.54) is 21.1 Å². The van der Waals surface area contributed by atoms with Gasteiger partial charge in [-0.05, 0) is 43.7 Å². The highest BCUT2D eigenvalue weighted by Crippen LogP contribution is 2.40. The Bertz CT molecular complexity index is 932. The third-order valence-corrected chi connectivity index (χ3v) is 4.38. The molecule has 0 fully saturated rings. The SMILES string of the molecule is COc1ccc(Cl)c(OC)c1NC(=O)C(N=Nc1cc(C)ccc1Cl)C(C)=O. The van der Waals surface area contributed by atoms with E-state index in [9.17, 15) is 9.59 Å². The molecule has 9 heteroatoms. The molecule has 0 radical (unpaired) electrons. The monoisotopic (exact) mass is 423 g/mol. The molecule has 7 nitrogen and oxygen atoms in total. The van der Waals surface area contributed by atoms with E-state index in [2.05, 4.69) is 15.5 Å². The summed E-state index contributed by atoms with van der Waals surface area (Å²) in [5.41, 5.74) is 1.46. The van der Waals surface area contributed by atoms with Crippen LogP contribution in [-0.2, 0) is 9.59 Å². The molecule has 0 heterocycles. The van der Waals surface area contributed by atoms with Gasteiger partial charge in [-0.25, -0.2) is 0 Å². The van der Waals surface area contributed by atoms with Gasteiger partial charge in [-0.3, -0.25) is 9.59 Å². The van der Waals surface area contributed by atoms with Crippen molar-refractivity contribution in [3.05, 3.63) is 45.9 Å². The number of methoxy groups -OCH3 is 2. The number of hydrogen-bond donors (Lipinski definition) is 1. The molecule has 0 aliphatic rings. The predicted octanol–water partition coefficient (Wildman–Crippen LogP) is 5.00. The highest BCUT2D eigenvalue weighted by molar-refractivity contribution is 6.33. The number of carbonyl (C=O) groups is 2. The number of halogens is 2. The van der Waals surface area contributed by atoms with Gasteiger partial charge in [0.25, 0.3) is 5.91 Å². The van der Waals surface area contributed by atoms with E-state index < -0.39 is 17.7 Å². The zero-order valence-corrected chi connectivity index (χ0v) is 17.3. The largest absolute Gasteiger partial charge is 0.494 e. The molecule has 28 heavy (non-hydrogen) atoms. The molecule has 148 valence electrons. The van der Waals surface area contributed by atoms with Crippen molar-refractivity contribution in [2.24, 2.45) is 10.2 Å². The normalized spacial score (nSPS) is 11.9. The van der Waals surface area contributed by atoms with Gasteiger partial charge in [0, 0.05) is 0 Å². The first-order chi connectivity index (χ1) is 13.3. The number of anilines is 1. The van der Waals surface area contributed by atoms with Crippen LogP contribution in [0.3, 0.4) is 0 Å². The van der Waals surface area contributed by atoms with Crippen LogP contribution >= 0.6 is 23.2 Å². The number of ether oxygens (including phenoxy) is 2. The van der Waals surface area contributed by atoms with Crippen molar-refractivity contribution < 1.29 is 19.1 Å². The topological polar surface area (TPSA) is 89.3 Å². The van der Waals surface area contributed by atoms with E-state index in [0.717, 1.165) is 5.56 Å². The van der Waals surface area contributed by atoms with E-state index in [0.29, 0.717) is 16.5 Å². The molecule has 2 aromatic rings. The number of azo groups is 1. The molecule has 0 saturated heterocycles. The van der Waals surface area contributed by atoms with Crippen molar-refractivity contribution in [1.82, 2.24) is 0 Å². The van der Waals surface area contributed by atoms with E-state index >= 15 is 0 Å². The maximum absolute atomic E-state index is 12.7. The lowest BCUT2D eigenvalue weighted by Crippen LogP contribution is -2.32. The maximum Gasteiger partial charge on any atom is 0.259 e. The first kappa shape index (κ1) is 21.7. The molecule has 2 rings (SSSR count). The molecule has 1 amide bonds. The molecule has 0 saturated carbocycles. The van der Waals surface area contributed by atoms with Crippen LogP contribution in [0.4, 0.5) is 11.4 Å². The second-order valence-corrected chi connectivity index (χ2v) is 6.65. The van der Waals surface area contributed by atoms with Crippen LogP contribution in [0.2, 0.25) is 10.0 Å². The predicted molar refractivity (Wildman–Crippen MR) is 108 cm³/mol. The number of aryl methyl sites for hydroxylation is 1. The minimum Gasteiger partial charge on any atom is -0.494 e. The lowest BCUT2D eigenvalue weighted by Gasteiger charge is -2.16. The Hall–Kier alpha value is -2.64. The fourth-order valence-corrected chi connectivity index (χ4v) is 2.75. The third kappa shape index (κ3) is 4.99. The summed E-state index contributed by atoms with van der Waals surface area (Å²) in [5, 5.41) is 11.1. The fraction of sp³-hybridized carbons (Fsp3) is 0.263. The summed E-state index contributed by atoms with van der Waals surface area (Å²) in [6, 6.07) is 6.92. The highest BCUT2D eigenvalue weighted by Gasteiger charge is 2.26. The average Bonchev–Trinajstić information content (AvgIpc) is 2.64. The summed E-state index contributed by atoms with van der Waals surface area (Å²) in [6.07, 6.45) is 0. The quantitative estimate of drug-likeness (QED) is 0.501.